The summed E-state index contributed by atoms with van der Waals surface area (Å²) >= 11 is 5.29. The number of benzene rings is 3. The highest BCUT2D eigenvalue weighted by Crippen LogP contribution is 2.35. The number of carbonyl (C=O) groups is 1. The Kier molecular flexibility index (Phi) is 7.92. The van der Waals surface area contributed by atoms with Crippen LogP contribution in [0.3, 0.4) is 0 Å². The van der Waals surface area contributed by atoms with Crippen molar-refractivity contribution in [2.45, 2.75) is 19.8 Å². The molecule has 8 nitrogen and oxygen atoms in total. The maximum atomic E-state index is 12.3. The van der Waals surface area contributed by atoms with E-state index in [4.69, 9.17) is 26.4 Å². The Morgan fingerprint density at radius 3 is 2.44 bits per heavy atom. The highest BCUT2D eigenvalue weighted by Gasteiger charge is 2.13. The summed E-state index contributed by atoms with van der Waals surface area (Å²) in [5.41, 5.74) is 3.67. The quantitative estimate of drug-likeness (QED) is 0.318. The Labute approximate surface area is 214 Å². The van der Waals surface area contributed by atoms with Gasteiger partial charge in [-0.2, -0.15) is 0 Å². The third-order valence-electron chi connectivity index (χ3n) is 5.41. The van der Waals surface area contributed by atoms with Crippen LogP contribution in [0.4, 0.5) is 5.69 Å². The fourth-order valence-corrected chi connectivity index (χ4v) is 3.87. The molecule has 0 bridgehead atoms. The van der Waals surface area contributed by atoms with Crippen LogP contribution in [-0.2, 0) is 11.2 Å². The van der Waals surface area contributed by atoms with Gasteiger partial charge in [-0.1, -0.05) is 29.8 Å². The number of nitrogens with one attached hydrogen (secondary N) is 2. The highest BCUT2D eigenvalue weighted by molar-refractivity contribution is 7.80. The second-order valence-corrected chi connectivity index (χ2v) is 8.43. The van der Waals surface area contributed by atoms with Gasteiger partial charge in [0, 0.05) is 18.2 Å². The summed E-state index contributed by atoms with van der Waals surface area (Å²) < 4.78 is 16.7. The molecule has 0 aliphatic heterocycles. The number of fused-ring (bicyclic) bond motifs is 1. The molecule has 4 rings (SSSR count). The number of ether oxygens (including phenoxy) is 3. The van der Waals surface area contributed by atoms with Gasteiger partial charge in [-0.3, -0.25) is 4.79 Å². The van der Waals surface area contributed by atoms with Crippen molar-refractivity contribution in [2.24, 2.45) is 0 Å². The summed E-state index contributed by atoms with van der Waals surface area (Å²) in [4.78, 5) is 20.8. The Morgan fingerprint density at radius 1 is 0.972 bits per heavy atom. The molecule has 0 unspecified atom stereocenters. The molecule has 0 atom stereocenters. The van der Waals surface area contributed by atoms with E-state index in [0.717, 1.165) is 5.56 Å². The minimum atomic E-state index is -0.142. The summed E-state index contributed by atoms with van der Waals surface area (Å²) in [6.45, 7) is 2.03. The van der Waals surface area contributed by atoms with Gasteiger partial charge < -0.3 is 24.8 Å². The molecule has 2 N–H and O–H groups in total. The number of anilines is 1. The first kappa shape index (κ1) is 24.9. The number of carbonyl (C=O) groups excluding carboxylic acids is 1. The van der Waals surface area contributed by atoms with Crippen molar-refractivity contribution in [3.8, 4) is 23.1 Å². The fraction of sp³-hybridized carbons (Fsp3) is 0.185. The zero-order chi connectivity index (χ0) is 25.5. The van der Waals surface area contributed by atoms with Gasteiger partial charge in [0.1, 0.15) is 12.1 Å². The van der Waals surface area contributed by atoms with Crippen molar-refractivity contribution in [3.63, 3.8) is 0 Å². The number of thiocarbonyl (C=S) groups is 1. The van der Waals surface area contributed by atoms with Crippen LogP contribution in [0, 0.1) is 6.92 Å². The molecule has 36 heavy (non-hydrogen) atoms. The van der Waals surface area contributed by atoms with E-state index in [9.17, 15) is 4.79 Å². The summed E-state index contributed by atoms with van der Waals surface area (Å²) in [6.07, 6.45) is 2.43. The number of rotatable bonds is 8. The van der Waals surface area contributed by atoms with E-state index in [1.165, 1.54) is 11.9 Å². The second-order valence-electron chi connectivity index (χ2n) is 8.02. The maximum absolute atomic E-state index is 12.3. The third kappa shape index (κ3) is 6.25. The van der Waals surface area contributed by atoms with Crippen molar-refractivity contribution in [3.05, 3.63) is 78.1 Å². The number of aromatic nitrogens is 2. The van der Waals surface area contributed by atoms with Crippen molar-refractivity contribution >= 4 is 39.8 Å². The summed E-state index contributed by atoms with van der Waals surface area (Å²) in [5, 5.41) is 6.66. The lowest BCUT2D eigenvalue weighted by atomic mass is 10.1. The van der Waals surface area contributed by atoms with Gasteiger partial charge in [-0.05, 0) is 61.5 Å². The molecular formula is C27H26N4O4S. The van der Waals surface area contributed by atoms with Crippen molar-refractivity contribution < 1.29 is 19.0 Å². The molecule has 3 aromatic carbocycles. The van der Waals surface area contributed by atoms with Crippen LogP contribution in [0.2, 0.25) is 0 Å². The predicted molar refractivity (Wildman–Crippen MR) is 143 cm³/mol. The maximum Gasteiger partial charge on any atom is 0.230 e. The van der Waals surface area contributed by atoms with Gasteiger partial charge in [-0.25, -0.2) is 9.97 Å². The number of hydrogen-bond donors (Lipinski definition) is 2. The Hall–Kier alpha value is -4.24. The second kappa shape index (κ2) is 11.5. The van der Waals surface area contributed by atoms with E-state index in [1.807, 2.05) is 25.1 Å². The minimum absolute atomic E-state index is 0.142. The van der Waals surface area contributed by atoms with Gasteiger partial charge in [0.2, 0.25) is 11.8 Å². The smallest absolute Gasteiger partial charge is 0.230 e. The van der Waals surface area contributed by atoms with Crippen LogP contribution in [0.15, 0.2) is 67.0 Å². The minimum Gasteiger partial charge on any atom is -0.493 e. The first-order valence-corrected chi connectivity index (χ1v) is 11.7. The number of amides is 1. The van der Waals surface area contributed by atoms with Crippen LogP contribution in [0.25, 0.3) is 10.9 Å². The summed E-state index contributed by atoms with van der Waals surface area (Å²) in [7, 11) is 3.14. The molecule has 0 spiro atoms. The van der Waals surface area contributed by atoms with E-state index in [0.29, 0.717) is 52.6 Å². The lowest BCUT2D eigenvalue weighted by molar-refractivity contribution is -0.119. The number of aryl methyl sites for hydroxylation is 2. The molecule has 0 saturated heterocycles. The molecule has 0 fully saturated rings. The molecule has 4 aromatic rings. The molecule has 9 heteroatoms. The van der Waals surface area contributed by atoms with E-state index < -0.39 is 0 Å². The average molecular weight is 503 g/mol. The van der Waals surface area contributed by atoms with Gasteiger partial charge in [-0.15, -0.1) is 0 Å². The predicted octanol–water partition coefficient (Wildman–Crippen LogP) is 5.19. The van der Waals surface area contributed by atoms with E-state index in [-0.39, 0.29) is 11.0 Å². The van der Waals surface area contributed by atoms with E-state index in [2.05, 4.69) is 26.7 Å². The first-order valence-electron chi connectivity index (χ1n) is 11.3. The molecule has 0 radical (unpaired) electrons. The molecular weight excluding hydrogens is 476 g/mol. The van der Waals surface area contributed by atoms with Crippen LogP contribution < -0.4 is 24.8 Å². The zero-order valence-corrected chi connectivity index (χ0v) is 21.0. The van der Waals surface area contributed by atoms with Gasteiger partial charge in [0.15, 0.2) is 16.6 Å². The van der Waals surface area contributed by atoms with Crippen LogP contribution in [0.5, 0.6) is 23.1 Å². The number of methoxy groups -OCH3 is 2. The Balaban J connectivity index is 1.35. The summed E-state index contributed by atoms with van der Waals surface area (Å²) in [5.74, 6) is 1.94. The number of hydrogen-bond acceptors (Lipinski definition) is 7. The van der Waals surface area contributed by atoms with E-state index in [1.54, 1.807) is 50.6 Å². The first-order chi connectivity index (χ1) is 17.4. The van der Waals surface area contributed by atoms with Gasteiger partial charge in [0.05, 0.1) is 25.1 Å². The number of nitrogens with zero attached hydrogens (tertiary/aromatic N) is 2. The van der Waals surface area contributed by atoms with Crippen LogP contribution in [0.1, 0.15) is 17.5 Å². The fourth-order valence-electron chi connectivity index (χ4n) is 3.64. The van der Waals surface area contributed by atoms with E-state index >= 15 is 0 Å². The van der Waals surface area contributed by atoms with Gasteiger partial charge in [0.25, 0.3) is 0 Å². The van der Waals surface area contributed by atoms with Crippen LogP contribution in [-0.4, -0.2) is 35.2 Å². The third-order valence-corrected chi connectivity index (χ3v) is 5.61. The van der Waals surface area contributed by atoms with Crippen molar-refractivity contribution in [1.29, 1.82) is 0 Å². The molecule has 1 amide bonds. The van der Waals surface area contributed by atoms with Crippen molar-refractivity contribution in [1.82, 2.24) is 15.3 Å². The normalized spacial score (nSPS) is 10.5. The topological polar surface area (TPSA) is 94.6 Å². The van der Waals surface area contributed by atoms with Crippen LogP contribution >= 0.6 is 12.2 Å². The average Bonchev–Trinajstić information content (AvgIpc) is 2.88. The molecule has 184 valence electrons. The lowest BCUT2D eigenvalue weighted by Gasteiger charge is -2.12. The molecule has 1 heterocycles. The van der Waals surface area contributed by atoms with Crippen molar-refractivity contribution in [2.75, 3.05) is 19.5 Å². The molecule has 0 saturated carbocycles. The molecule has 1 aromatic heterocycles. The Morgan fingerprint density at radius 2 is 1.72 bits per heavy atom. The molecule has 0 aliphatic rings. The lowest BCUT2D eigenvalue weighted by Crippen LogP contribution is -2.34. The SMILES string of the molecule is COc1cc2ncnc(Oc3ccc(NC(=S)NC(=O)CCc4cccc(C)c4)cc3)c2cc1OC. The summed E-state index contributed by atoms with van der Waals surface area (Å²) in [6, 6.07) is 18.8. The standard InChI is InChI=1S/C27H26N4O4S/c1-17-5-4-6-18(13-17)7-12-25(32)31-27(36)30-19-8-10-20(11-9-19)35-26-21-14-23(33-2)24(34-3)15-22(21)28-16-29-26/h4-6,8-11,13-16H,7,12H2,1-3H3,(H2,30,31,32,36). The largest absolute Gasteiger partial charge is 0.493 e. The Bertz CT molecular complexity index is 1390. The zero-order valence-electron chi connectivity index (χ0n) is 20.2. The molecule has 0 aliphatic carbocycles. The van der Waals surface area contributed by atoms with Gasteiger partial charge >= 0.3 is 0 Å². The highest BCUT2D eigenvalue weighted by atomic mass is 32.1. The monoisotopic (exact) mass is 502 g/mol.